The first-order chi connectivity index (χ1) is 31.1. The lowest BCUT2D eigenvalue weighted by molar-refractivity contribution is 0.696. The van der Waals surface area contributed by atoms with Gasteiger partial charge in [-0.25, -0.2) is 0 Å². The van der Waals surface area contributed by atoms with Crippen molar-refractivity contribution in [3.63, 3.8) is 0 Å². The summed E-state index contributed by atoms with van der Waals surface area (Å²) in [6.07, 6.45) is 7.84. The first-order valence-electron chi connectivity index (χ1n) is 22.1. The van der Waals surface area contributed by atoms with Crippen molar-refractivity contribution in [2.24, 2.45) is 5.92 Å². The van der Waals surface area contributed by atoms with Gasteiger partial charge >= 0.3 is 0 Å². The molecule has 63 heavy (non-hydrogen) atoms. The molecule has 3 heteroatoms. The topological polar surface area (TPSA) is 6.48 Å². The summed E-state index contributed by atoms with van der Waals surface area (Å²) in [6, 6.07) is 74.8. The molecule has 1 spiro atoms. The van der Waals surface area contributed by atoms with E-state index in [1.54, 1.807) is 0 Å². The molecule has 298 valence electrons. The van der Waals surface area contributed by atoms with E-state index in [1.807, 2.05) is 11.3 Å². The number of nitrogens with zero attached hydrogens (tertiary/aromatic N) is 2. The van der Waals surface area contributed by atoms with Crippen LogP contribution >= 0.6 is 11.3 Å². The number of hydrogen-bond donors (Lipinski definition) is 0. The van der Waals surface area contributed by atoms with E-state index in [2.05, 4.69) is 235 Å². The number of rotatable bonds is 6. The van der Waals surface area contributed by atoms with Crippen LogP contribution in [0.3, 0.4) is 0 Å². The molecule has 9 aromatic carbocycles. The van der Waals surface area contributed by atoms with Gasteiger partial charge in [0.25, 0.3) is 0 Å². The average Bonchev–Trinajstić information content (AvgIpc) is 3.96. The molecule has 0 N–H and O–H groups in total. The molecule has 0 bridgehead atoms. The zero-order chi connectivity index (χ0) is 41.6. The fourth-order valence-electron chi connectivity index (χ4n) is 11.0. The lowest BCUT2D eigenvalue weighted by Gasteiger charge is -2.33. The van der Waals surface area contributed by atoms with Crippen LogP contribution in [0.15, 0.2) is 224 Å². The third-order valence-electron chi connectivity index (χ3n) is 13.7. The van der Waals surface area contributed by atoms with Crippen molar-refractivity contribution in [2.75, 3.05) is 9.80 Å². The minimum absolute atomic E-state index is 0.448. The van der Waals surface area contributed by atoms with Gasteiger partial charge in [-0.3, -0.25) is 0 Å². The van der Waals surface area contributed by atoms with E-state index in [-0.39, 0.29) is 0 Å². The zero-order valence-electron chi connectivity index (χ0n) is 34.9. The van der Waals surface area contributed by atoms with Gasteiger partial charge < -0.3 is 9.80 Å². The van der Waals surface area contributed by atoms with Gasteiger partial charge in [0.15, 0.2) is 0 Å². The number of allylic oxidation sites excluding steroid dienone is 4. The number of hydrogen-bond acceptors (Lipinski definition) is 3. The fraction of sp³-hybridized carbons (Fsp3) is 0.0667. The van der Waals surface area contributed by atoms with Gasteiger partial charge in [-0.05, 0) is 128 Å². The van der Waals surface area contributed by atoms with Crippen LogP contribution in [0.2, 0.25) is 0 Å². The third-order valence-corrected chi connectivity index (χ3v) is 15.0. The van der Waals surface area contributed by atoms with Gasteiger partial charge in [-0.15, -0.1) is 11.3 Å². The molecule has 3 aliphatic carbocycles. The van der Waals surface area contributed by atoms with Gasteiger partial charge in [0, 0.05) is 54.5 Å². The Morgan fingerprint density at radius 3 is 1.87 bits per heavy atom. The van der Waals surface area contributed by atoms with Crippen molar-refractivity contribution in [1.82, 2.24) is 0 Å². The molecule has 0 saturated heterocycles. The van der Waals surface area contributed by atoms with Crippen molar-refractivity contribution >= 4 is 71.4 Å². The summed E-state index contributed by atoms with van der Waals surface area (Å²) >= 11 is 1.97. The van der Waals surface area contributed by atoms with Gasteiger partial charge in [-0.1, -0.05) is 159 Å². The van der Waals surface area contributed by atoms with E-state index in [4.69, 9.17) is 0 Å². The van der Waals surface area contributed by atoms with Crippen molar-refractivity contribution in [2.45, 2.75) is 18.8 Å². The summed E-state index contributed by atoms with van der Waals surface area (Å²) in [5.74, 6) is 0.448. The maximum Gasteiger partial charge on any atom is 0.0820 e. The maximum absolute atomic E-state index is 2.52. The van der Waals surface area contributed by atoms with Crippen LogP contribution in [-0.2, 0) is 5.41 Å². The number of benzene rings is 9. The van der Waals surface area contributed by atoms with Crippen LogP contribution in [0.5, 0.6) is 0 Å². The molecule has 0 radical (unpaired) electrons. The Bertz CT molecular complexity index is 3540. The molecule has 2 nitrogen and oxygen atoms in total. The minimum atomic E-state index is -0.504. The highest BCUT2D eigenvalue weighted by Gasteiger charge is 2.54. The smallest absolute Gasteiger partial charge is 0.0820 e. The fourth-order valence-corrected chi connectivity index (χ4v) is 12.5. The SMILES string of the molecule is CC1C=CC=C(N(c2ccc3c(c2)-c2c(sc4ccccc24)C32c3ccccc3-c3c(N(c4ccccc4)c4ccc5ccccc5c4)cccc32)c2ccc3ccccc3c2)C1. The van der Waals surface area contributed by atoms with Crippen LogP contribution in [0.1, 0.15) is 34.9 Å². The van der Waals surface area contributed by atoms with Crippen molar-refractivity contribution in [1.29, 1.82) is 0 Å². The van der Waals surface area contributed by atoms with E-state index in [1.165, 1.54) is 98.2 Å². The molecular formula is C60H42N2S. The maximum atomic E-state index is 2.52. The lowest BCUT2D eigenvalue weighted by Crippen LogP contribution is -2.25. The first kappa shape index (κ1) is 36.2. The standard InChI is InChI=1S/C60H42N2S/c1-39-15-13-22-45(35-39)61(46-31-29-40-16-5-7-18-42(40)36-46)48-33-34-53-51(38-48)57-50-24-10-12-28-56(50)63-59(57)60(53)52-25-11-9-23-49(52)58-54(60)26-14-27-55(58)62(44-20-3-2-4-21-44)47-32-30-41-17-6-8-19-43(41)37-47/h2-34,36-39H,35H2,1H3. The van der Waals surface area contributed by atoms with Crippen molar-refractivity contribution < 1.29 is 0 Å². The van der Waals surface area contributed by atoms with Gasteiger partial charge in [0.1, 0.15) is 0 Å². The number of fused-ring (bicyclic) bond motifs is 14. The largest absolute Gasteiger partial charge is 0.314 e. The second-order valence-corrected chi connectivity index (χ2v) is 18.4. The highest BCUT2D eigenvalue weighted by molar-refractivity contribution is 7.20. The van der Waals surface area contributed by atoms with Crippen LogP contribution < -0.4 is 9.80 Å². The van der Waals surface area contributed by atoms with Gasteiger partial charge in [0.2, 0.25) is 0 Å². The molecule has 13 rings (SSSR count). The van der Waals surface area contributed by atoms with Gasteiger partial charge in [0.05, 0.1) is 11.1 Å². The Kier molecular flexibility index (Phi) is 8.07. The molecule has 0 amide bonds. The minimum Gasteiger partial charge on any atom is -0.314 e. The Balaban J connectivity index is 1.08. The quantitative estimate of drug-likeness (QED) is 0.165. The van der Waals surface area contributed by atoms with E-state index >= 15 is 0 Å². The number of thiophene rings is 1. The summed E-state index contributed by atoms with van der Waals surface area (Å²) in [5, 5.41) is 6.28. The number of para-hydroxylation sites is 1. The van der Waals surface area contributed by atoms with Crippen LogP contribution in [0.4, 0.5) is 28.4 Å². The molecule has 3 aliphatic rings. The predicted octanol–water partition coefficient (Wildman–Crippen LogP) is 16.6. The van der Waals surface area contributed by atoms with Crippen molar-refractivity contribution in [3.05, 3.63) is 246 Å². The summed E-state index contributed by atoms with van der Waals surface area (Å²) < 4.78 is 1.32. The highest BCUT2D eigenvalue weighted by atomic mass is 32.1. The molecule has 0 saturated carbocycles. The molecule has 1 aromatic heterocycles. The Morgan fingerprint density at radius 2 is 1.10 bits per heavy atom. The molecular weight excluding hydrogens is 781 g/mol. The molecule has 2 unspecified atom stereocenters. The molecule has 0 fully saturated rings. The summed E-state index contributed by atoms with van der Waals surface area (Å²) in [7, 11) is 0. The lowest BCUT2D eigenvalue weighted by atomic mass is 9.74. The van der Waals surface area contributed by atoms with E-state index in [0.29, 0.717) is 5.92 Å². The van der Waals surface area contributed by atoms with Crippen LogP contribution in [-0.4, -0.2) is 0 Å². The highest BCUT2D eigenvalue weighted by Crippen LogP contribution is 2.68. The zero-order valence-corrected chi connectivity index (χ0v) is 35.7. The molecule has 0 aliphatic heterocycles. The average molecular weight is 823 g/mol. The van der Waals surface area contributed by atoms with E-state index in [0.717, 1.165) is 17.8 Å². The molecule has 10 aromatic rings. The predicted molar refractivity (Wildman–Crippen MR) is 267 cm³/mol. The molecule has 1 heterocycles. The number of anilines is 5. The van der Waals surface area contributed by atoms with E-state index < -0.39 is 5.41 Å². The summed E-state index contributed by atoms with van der Waals surface area (Å²) in [4.78, 5) is 6.39. The van der Waals surface area contributed by atoms with E-state index in [9.17, 15) is 0 Å². The summed E-state index contributed by atoms with van der Waals surface area (Å²) in [5.41, 5.74) is 15.9. The normalized spacial score (nSPS) is 16.8. The Labute approximate surface area is 372 Å². The Morgan fingerprint density at radius 1 is 0.476 bits per heavy atom. The summed E-state index contributed by atoms with van der Waals surface area (Å²) in [6.45, 7) is 2.32. The van der Waals surface area contributed by atoms with Crippen LogP contribution in [0.25, 0.3) is 53.9 Å². The van der Waals surface area contributed by atoms with Crippen molar-refractivity contribution in [3.8, 4) is 22.3 Å². The monoisotopic (exact) mass is 822 g/mol. The Hall–Kier alpha value is -7.46. The molecule has 2 atom stereocenters. The second kappa shape index (κ2) is 14.0. The first-order valence-corrected chi connectivity index (χ1v) is 22.9. The second-order valence-electron chi connectivity index (χ2n) is 17.3. The van der Waals surface area contributed by atoms with Gasteiger partial charge in [-0.2, -0.15) is 0 Å². The van der Waals surface area contributed by atoms with Crippen LogP contribution in [0, 0.1) is 5.92 Å². The third kappa shape index (κ3) is 5.36.